The summed E-state index contributed by atoms with van der Waals surface area (Å²) in [5.41, 5.74) is 1.74. The first-order valence-electron chi connectivity index (χ1n) is 11.8. The lowest BCUT2D eigenvalue weighted by molar-refractivity contribution is -0.138. The maximum Gasteiger partial charge on any atom is 0.231 e. The van der Waals surface area contributed by atoms with Gasteiger partial charge in [-0.2, -0.15) is 0 Å². The second-order valence-electron chi connectivity index (χ2n) is 9.19. The Morgan fingerprint density at radius 2 is 1.74 bits per heavy atom. The van der Waals surface area contributed by atoms with E-state index in [9.17, 15) is 14.4 Å². The molecule has 2 aromatic rings. The fourth-order valence-electron chi connectivity index (χ4n) is 5.02. The van der Waals surface area contributed by atoms with E-state index in [0.29, 0.717) is 49.7 Å². The Hall–Kier alpha value is -3.55. The van der Waals surface area contributed by atoms with Gasteiger partial charge in [0.05, 0.1) is 12.0 Å². The van der Waals surface area contributed by atoms with Gasteiger partial charge in [-0.15, -0.1) is 0 Å². The Labute approximate surface area is 198 Å². The monoisotopic (exact) mass is 463 g/mol. The lowest BCUT2D eigenvalue weighted by atomic mass is 9.94. The minimum atomic E-state index is -0.322. The second kappa shape index (κ2) is 9.37. The predicted octanol–water partition coefficient (Wildman–Crippen LogP) is 3.20. The largest absolute Gasteiger partial charge is 0.454 e. The molecule has 2 atom stereocenters. The van der Waals surface area contributed by atoms with Crippen LogP contribution >= 0.6 is 0 Å². The van der Waals surface area contributed by atoms with E-state index in [0.717, 1.165) is 5.56 Å². The minimum Gasteiger partial charge on any atom is -0.454 e. The van der Waals surface area contributed by atoms with Crippen LogP contribution in [-0.4, -0.2) is 53.9 Å². The van der Waals surface area contributed by atoms with E-state index < -0.39 is 0 Å². The first kappa shape index (κ1) is 22.3. The molecule has 34 heavy (non-hydrogen) atoms. The van der Waals surface area contributed by atoms with Crippen molar-refractivity contribution in [1.82, 2.24) is 9.80 Å². The van der Waals surface area contributed by atoms with Crippen LogP contribution in [0.4, 0.5) is 5.69 Å². The fourth-order valence-corrected chi connectivity index (χ4v) is 5.02. The number of rotatable bonds is 5. The molecule has 1 N–H and O–H groups in total. The molecular formula is C26H29N3O5. The van der Waals surface area contributed by atoms with Gasteiger partial charge >= 0.3 is 0 Å². The van der Waals surface area contributed by atoms with E-state index in [4.69, 9.17) is 9.47 Å². The Kier molecular flexibility index (Phi) is 6.13. The zero-order chi connectivity index (χ0) is 23.7. The number of carbonyl (C=O) groups is 3. The summed E-state index contributed by atoms with van der Waals surface area (Å²) >= 11 is 0. The Bertz CT molecular complexity index is 1080. The molecule has 0 aromatic heterocycles. The molecule has 2 aromatic carbocycles. The maximum absolute atomic E-state index is 13.1. The first-order chi connectivity index (χ1) is 16.5. The van der Waals surface area contributed by atoms with Gasteiger partial charge in [-0.25, -0.2) is 0 Å². The summed E-state index contributed by atoms with van der Waals surface area (Å²) in [6.07, 6.45) is 1.46. The van der Waals surface area contributed by atoms with Crippen LogP contribution in [0.2, 0.25) is 0 Å². The van der Waals surface area contributed by atoms with Crippen molar-refractivity contribution in [2.24, 2.45) is 11.8 Å². The van der Waals surface area contributed by atoms with Crippen molar-refractivity contribution in [2.45, 2.75) is 32.2 Å². The van der Waals surface area contributed by atoms with Gasteiger partial charge in [0.1, 0.15) is 0 Å². The molecule has 2 fully saturated rings. The lowest BCUT2D eigenvalue weighted by Crippen LogP contribution is -2.44. The number of likely N-dealkylation sites (tertiary alicyclic amines) is 2. The summed E-state index contributed by atoms with van der Waals surface area (Å²) < 4.78 is 10.7. The third-order valence-corrected chi connectivity index (χ3v) is 7.07. The van der Waals surface area contributed by atoms with Gasteiger partial charge in [0.15, 0.2) is 11.5 Å². The molecule has 3 amide bonds. The van der Waals surface area contributed by atoms with Gasteiger partial charge in [-0.1, -0.05) is 30.3 Å². The number of benzene rings is 2. The summed E-state index contributed by atoms with van der Waals surface area (Å²) in [5.74, 6) is 0.808. The van der Waals surface area contributed by atoms with Crippen LogP contribution in [-0.2, 0) is 14.4 Å². The van der Waals surface area contributed by atoms with Crippen molar-refractivity contribution in [3.8, 4) is 11.5 Å². The number of fused-ring (bicyclic) bond motifs is 1. The molecule has 3 aliphatic rings. The van der Waals surface area contributed by atoms with Crippen molar-refractivity contribution >= 4 is 23.4 Å². The summed E-state index contributed by atoms with van der Waals surface area (Å²) in [4.78, 5) is 42.2. The van der Waals surface area contributed by atoms with Crippen LogP contribution in [0.25, 0.3) is 0 Å². The van der Waals surface area contributed by atoms with Crippen molar-refractivity contribution < 1.29 is 23.9 Å². The highest BCUT2D eigenvalue weighted by molar-refractivity contribution is 5.93. The van der Waals surface area contributed by atoms with Gasteiger partial charge in [-0.05, 0) is 37.5 Å². The molecule has 0 radical (unpaired) electrons. The number of piperidine rings is 1. The predicted molar refractivity (Wildman–Crippen MR) is 125 cm³/mol. The normalized spacial score (nSPS) is 21.0. The van der Waals surface area contributed by atoms with E-state index in [2.05, 4.69) is 5.32 Å². The average Bonchev–Trinajstić information content (AvgIpc) is 3.50. The number of nitrogens with zero attached hydrogens (tertiary/aromatic N) is 2. The molecule has 0 saturated carbocycles. The van der Waals surface area contributed by atoms with Crippen LogP contribution in [0.15, 0.2) is 48.5 Å². The topological polar surface area (TPSA) is 88.2 Å². The highest BCUT2D eigenvalue weighted by Crippen LogP contribution is 2.35. The van der Waals surface area contributed by atoms with Gasteiger partial charge in [0.2, 0.25) is 24.5 Å². The number of anilines is 1. The smallest absolute Gasteiger partial charge is 0.231 e. The number of hydrogen-bond acceptors (Lipinski definition) is 5. The minimum absolute atomic E-state index is 0.0192. The molecule has 0 spiro atoms. The number of amides is 3. The van der Waals surface area contributed by atoms with E-state index in [1.165, 1.54) is 0 Å². The fraction of sp³-hybridized carbons (Fsp3) is 0.423. The third-order valence-electron chi connectivity index (χ3n) is 7.07. The number of ether oxygens (including phenoxy) is 2. The third kappa shape index (κ3) is 4.44. The molecule has 8 nitrogen and oxygen atoms in total. The highest BCUT2D eigenvalue weighted by Gasteiger charge is 2.40. The Morgan fingerprint density at radius 3 is 2.50 bits per heavy atom. The maximum atomic E-state index is 13.1. The summed E-state index contributed by atoms with van der Waals surface area (Å²) in [7, 11) is 0. The molecule has 5 rings (SSSR count). The van der Waals surface area contributed by atoms with Crippen LogP contribution < -0.4 is 14.8 Å². The van der Waals surface area contributed by atoms with E-state index in [1.54, 1.807) is 18.2 Å². The van der Waals surface area contributed by atoms with Gasteiger partial charge < -0.3 is 24.6 Å². The zero-order valence-electron chi connectivity index (χ0n) is 19.2. The standard InChI is InChI=1S/C26H29N3O5/c1-17(18-5-3-2-4-6-18)29-15-20(13-24(29)30)26(32)28-11-9-19(10-12-28)25(31)27-21-7-8-22-23(14-21)34-16-33-22/h2-8,14,17,19-20H,9-13,15-16H2,1H3,(H,27,31)/t17-,20+/m1/s1. The summed E-state index contributed by atoms with van der Waals surface area (Å²) in [6.45, 7) is 3.69. The van der Waals surface area contributed by atoms with Gasteiger partial charge in [0, 0.05) is 43.7 Å². The van der Waals surface area contributed by atoms with Gasteiger partial charge in [-0.3, -0.25) is 14.4 Å². The molecule has 0 aliphatic carbocycles. The van der Waals surface area contributed by atoms with E-state index in [1.807, 2.05) is 47.1 Å². The highest BCUT2D eigenvalue weighted by atomic mass is 16.7. The molecule has 8 heteroatoms. The van der Waals surface area contributed by atoms with Crippen molar-refractivity contribution in [3.05, 3.63) is 54.1 Å². The molecule has 3 heterocycles. The number of nitrogens with one attached hydrogen (secondary N) is 1. The summed E-state index contributed by atoms with van der Waals surface area (Å²) in [6, 6.07) is 15.2. The quantitative estimate of drug-likeness (QED) is 0.736. The molecule has 3 aliphatic heterocycles. The zero-order valence-corrected chi connectivity index (χ0v) is 19.2. The van der Waals surface area contributed by atoms with E-state index >= 15 is 0 Å². The average molecular weight is 464 g/mol. The van der Waals surface area contributed by atoms with Crippen molar-refractivity contribution in [1.29, 1.82) is 0 Å². The molecule has 0 bridgehead atoms. The molecular weight excluding hydrogens is 434 g/mol. The van der Waals surface area contributed by atoms with Crippen LogP contribution in [0.1, 0.15) is 37.8 Å². The Morgan fingerprint density at radius 1 is 1.00 bits per heavy atom. The first-order valence-corrected chi connectivity index (χ1v) is 11.8. The SMILES string of the molecule is C[C@H](c1ccccc1)N1C[C@@H](C(=O)N2CCC(C(=O)Nc3ccc4c(c3)OCO4)CC2)CC1=O. The molecule has 178 valence electrons. The van der Waals surface area contributed by atoms with Crippen LogP contribution in [0.5, 0.6) is 11.5 Å². The van der Waals surface area contributed by atoms with Crippen molar-refractivity contribution in [2.75, 3.05) is 31.7 Å². The number of carbonyl (C=O) groups excluding carboxylic acids is 3. The Balaban J connectivity index is 1.13. The molecule has 0 unspecified atom stereocenters. The van der Waals surface area contributed by atoms with Crippen molar-refractivity contribution in [3.63, 3.8) is 0 Å². The van der Waals surface area contributed by atoms with Crippen LogP contribution in [0.3, 0.4) is 0 Å². The second-order valence-corrected chi connectivity index (χ2v) is 9.19. The van der Waals surface area contributed by atoms with Gasteiger partial charge in [0.25, 0.3) is 0 Å². The summed E-state index contributed by atoms with van der Waals surface area (Å²) in [5, 5.41) is 2.95. The lowest BCUT2D eigenvalue weighted by Gasteiger charge is -2.33. The van der Waals surface area contributed by atoms with Crippen LogP contribution in [0, 0.1) is 11.8 Å². The number of hydrogen-bond donors (Lipinski definition) is 1. The molecule has 2 saturated heterocycles. The van der Waals surface area contributed by atoms with E-state index in [-0.39, 0.29) is 48.8 Å².